The number of amidine groups is 1. The minimum absolute atomic E-state index is 0.0865. The fourth-order valence-electron chi connectivity index (χ4n) is 2.98. The molecule has 0 spiro atoms. The number of nitrogens with zero attached hydrogens (tertiary/aromatic N) is 3. The summed E-state index contributed by atoms with van der Waals surface area (Å²) < 4.78 is 5.78. The van der Waals surface area contributed by atoms with Gasteiger partial charge in [-0.15, -0.1) is 0 Å². The number of benzene rings is 1. The number of hydrogen-bond acceptors (Lipinski definition) is 6. The summed E-state index contributed by atoms with van der Waals surface area (Å²) in [6.07, 6.45) is 2.40. The fourth-order valence-corrected chi connectivity index (χ4v) is 2.98. The van der Waals surface area contributed by atoms with Gasteiger partial charge in [-0.3, -0.25) is 10.1 Å². The second-order valence-electron chi connectivity index (χ2n) is 5.31. The number of fused-ring (bicyclic) bond motifs is 2. The van der Waals surface area contributed by atoms with E-state index < -0.39 is 4.92 Å². The lowest BCUT2D eigenvalue weighted by Crippen LogP contribution is -2.43. The van der Waals surface area contributed by atoms with Crippen molar-refractivity contribution >= 4 is 17.2 Å². The van der Waals surface area contributed by atoms with E-state index in [1.807, 2.05) is 0 Å². The first-order valence-corrected chi connectivity index (χ1v) is 6.75. The maximum atomic E-state index is 10.9. The molecule has 0 aliphatic carbocycles. The largest absolute Gasteiger partial charge is 0.409 e. The van der Waals surface area contributed by atoms with Crippen molar-refractivity contribution in [2.75, 3.05) is 18.0 Å². The van der Waals surface area contributed by atoms with Gasteiger partial charge in [0.05, 0.1) is 22.7 Å². The van der Waals surface area contributed by atoms with Gasteiger partial charge in [-0.25, -0.2) is 0 Å². The van der Waals surface area contributed by atoms with Gasteiger partial charge in [0, 0.05) is 30.9 Å². The van der Waals surface area contributed by atoms with E-state index in [4.69, 9.17) is 15.7 Å². The Kier molecular flexibility index (Phi) is 3.38. The topological polar surface area (TPSA) is 114 Å². The summed E-state index contributed by atoms with van der Waals surface area (Å²) in [4.78, 5) is 12.5. The molecule has 0 aromatic heterocycles. The number of anilines is 1. The molecule has 2 unspecified atom stereocenters. The Morgan fingerprint density at radius 3 is 2.67 bits per heavy atom. The van der Waals surface area contributed by atoms with Crippen molar-refractivity contribution in [2.45, 2.75) is 25.0 Å². The van der Waals surface area contributed by atoms with Crippen LogP contribution in [-0.4, -0.2) is 41.3 Å². The Morgan fingerprint density at radius 1 is 1.43 bits per heavy atom. The smallest absolute Gasteiger partial charge is 0.270 e. The fraction of sp³-hybridized carbons (Fsp3) is 0.462. The molecule has 1 aromatic rings. The molecule has 1 aromatic carbocycles. The molecular formula is C13H16N4O4. The Balaban J connectivity index is 1.99. The van der Waals surface area contributed by atoms with E-state index in [1.165, 1.54) is 12.1 Å². The van der Waals surface area contributed by atoms with Crippen molar-refractivity contribution in [1.29, 1.82) is 0 Å². The van der Waals surface area contributed by atoms with Gasteiger partial charge >= 0.3 is 0 Å². The molecule has 2 fully saturated rings. The number of hydrogen-bond donors (Lipinski definition) is 2. The molecule has 3 rings (SSSR count). The van der Waals surface area contributed by atoms with Crippen molar-refractivity contribution in [2.24, 2.45) is 10.9 Å². The third kappa shape index (κ3) is 2.49. The molecule has 0 amide bonds. The molecule has 112 valence electrons. The van der Waals surface area contributed by atoms with Crippen molar-refractivity contribution in [3.8, 4) is 0 Å². The third-order valence-corrected chi connectivity index (χ3v) is 3.96. The highest BCUT2D eigenvalue weighted by atomic mass is 16.6. The Bertz CT molecular complexity index is 592. The summed E-state index contributed by atoms with van der Waals surface area (Å²) in [7, 11) is 0. The summed E-state index contributed by atoms with van der Waals surface area (Å²) in [5.41, 5.74) is 6.69. The molecule has 0 saturated carbocycles. The first kappa shape index (κ1) is 13.6. The SMILES string of the molecule is NC(=NO)c1cc([N+](=O)[O-])ccc1N1CC2CCC(C1)O2. The number of non-ortho nitro benzene ring substituents is 1. The van der Waals surface area contributed by atoms with Gasteiger partial charge in [-0.05, 0) is 18.9 Å². The second-order valence-corrected chi connectivity index (χ2v) is 5.31. The van der Waals surface area contributed by atoms with E-state index in [-0.39, 0.29) is 23.7 Å². The van der Waals surface area contributed by atoms with Gasteiger partial charge < -0.3 is 20.6 Å². The molecule has 2 aliphatic heterocycles. The predicted molar refractivity (Wildman–Crippen MR) is 75.7 cm³/mol. The summed E-state index contributed by atoms with van der Waals surface area (Å²) in [6.45, 7) is 1.42. The molecule has 2 atom stereocenters. The van der Waals surface area contributed by atoms with Gasteiger partial charge in [0.15, 0.2) is 5.84 Å². The van der Waals surface area contributed by atoms with Crippen LogP contribution in [0.3, 0.4) is 0 Å². The summed E-state index contributed by atoms with van der Waals surface area (Å²) in [6, 6.07) is 4.42. The van der Waals surface area contributed by atoms with Gasteiger partial charge in [-0.2, -0.15) is 0 Å². The molecule has 2 bridgehead atoms. The van der Waals surface area contributed by atoms with Crippen LogP contribution >= 0.6 is 0 Å². The normalized spacial score (nSPS) is 25.1. The first-order chi connectivity index (χ1) is 10.1. The van der Waals surface area contributed by atoms with Gasteiger partial charge in [0.25, 0.3) is 5.69 Å². The van der Waals surface area contributed by atoms with E-state index in [1.54, 1.807) is 6.07 Å². The van der Waals surface area contributed by atoms with Crippen LogP contribution < -0.4 is 10.6 Å². The number of nitrogens with two attached hydrogens (primary N) is 1. The van der Waals surface area contributed by atoms with Crippen LogP contribution in [0.15, 0.2) is 23.4 Å². The highest BCUT2D eigenvalue weighted by Crippen LogP contribution is 2.32. The maximum Gasteiger partial charge on any atom is 0.270 e. The zero-order chi connectivity index (χ0) is 15.0. The summed E-state index contributed by atoms with van der Waals surface area (Å²) in [5, 5.41) is 22.8. The quantitative estimate of drug-likeness (QED) is 0.283. The molecule has 8 heteroatoms. The number of ether oxygens (including phenoxy) is 1. The van der Waals surface area contributed by atoms with Crippen molar-refractivity contribution in [3.63, 3.8) is 0 Å². The van der Waals surface area contributed by atoms with E-state index in [2.05, 4.69) is 10.1 Å². The van der Waals surface area contributed by atoms with Crippen LogP contribution in [0.2, 0.25) is 0 Å². The predicted octanol–water partition coefficient (Wildman–Crippen LogP) is 1.06. The monoisotopic (exact) mass is 292 g/mol. The lowest BCUT2D eigenvalue weighted by molar-refractivity contribution is -0.384. The molecule has 3 N–H and O–H groups in total. The van der Waals surface area contributed by atoms with Crippen molar-refractivity contribution < 1.29 is 14.9 Å². The minimum atomic E-state index is -0.499. The highest BCUT2D eigenvalue weighted by Gasteiger charge is 2.35. The van der Waals surface area contributed by atoms with Gasteiger partial charge in [0.2, 0.25) is 0 Å². The van der Waals surface area contributed by atoms with Crippen LogP contribution in [0.1, 0.15) is 18.4 Å². The Labute approximate surface area is 120 Å². The molecular weight excluding hydrogens is 276 g/mol. The lowest BCUT2D eigenvalue weighted by atomic mass is 10.1. The minimum Gasteiger partial charge on any atom is -0.409 e. The van der Waals surface area contributed by atoms with Crippen LogP contribution in [0.5, 0.6) is 0 Å². The number of nitro benzene ring substituents is 1. The number of oxime groups is 1. The zero-order valence-electron chi connectivity index (χ0n) is 11.3. The second kappa shape index (κ2) is 5.21. The highest BCUT2D eigenvalue weighted by molar-refractivity contribution is 6.02. The van der Waals surface area contributed by atoms with Crippen molar-refractivity contribution in [1.82, 2.24) is 0 Å². The average Bonchev–Trinajstić information content (AvgIpc) is 2.84. The Morgan fingerprint density at radius 2 is 2.10 bits per heavy atom. The molecule has 0 radical (unpaired) electrons. The molecule has 21 heavy (non-hydrogen) atoms. The van der Waals surface area contributed by atoms with Crippen LogP contribution in [0.4, 0.5) is 11.4 Å². The van der Waals surface area contributed by atoms with E-state index in [0.717, 1.165) is 18.5 Å². The number of nitro groups is 1. The van der Waals surface area contributed by atoms with Crippen LogP contribution in [0, 0.1) is 10.1 Å². The molecule has 2 heterocycles. The molecule has 2 saturated heterocycles. The average molecular weight is 292 g/mol. The zero-order valence-corrected chi connectivity index (χ0v) is 11.3. The lowest BCUT2D eigenvalue weighted by Gasteiger charge is -2.34. The number of rotatable bonds is 3. The number of morpholine rings is 1. The molecule has 2 aliphatic rings. The first-order valence-electron chi connectivity index (χ1n) is 6.75. The van der Waals surface area contributed by atoms with Crippen LogP contribution in [0.25, 0.3) is 0 Å². The van der Waals surface area contributed by atoms with Gasteiger partial charge in [-0.1, -0.05) is 5.16 Å². The third-order valence-electron chi connectivity index (χ3n) is 3.96. The Hall–Kier alpha value is -2.35. The summed E-state index contributed by atoms with van der Waals surface area (Å²) >= 11 is 0. The van der Waals surface area contributed by atoms with E-state index >= 15 is 0 Å². The van der Waals surface area contributed by atoms with E-state index in [0.29, 0.717) is 18.7 Å². The summed E-state index contributed by atoms with van der Waals surface area (Å²) in [5.74, 6) is -0.132. The molecule has 8 nitrogen and oxygen atoms in total. The maximum absolute atomic E-state index is 10.9. The van der Waals surface area contributed by atoms with Crippen molar-refractivity contribution in [3.05, 3.63) is 33.9 Å². The standard InChI is InChI=1S/C13H16N4O4/c14-13(15-18)11-5-8(17(19)20)1-4-12(11)16-6-9-2-3-10(7-16)21-9/h1,4-5,9-10,18H,2-3,6-7H2,(H2,14,15). The van der Waals surface area contributed by atoms with Crippen LogP contribution in [-0.2, 0) is 4.74 Å². The van der Waals surface area contributed by atoms with Gasteiger partial charge in [0.1, 0.15) is 0 Å². The van der Waals surface area contributed by atoms with E-state index in [9.17, 15) is 10.1 Å².